The zero-order chi connectivity index (χ0) is 10.7. The third kappa shape index (κ3) is 1.92. The second-order valence-electron chi connectivity index (χ2n) is 3.45. The Morgan fingerprint density at radius 1 is 1.47 bits per heavy atom. The van der Waals surface area contributed by atoms with Crippen LogP contribution in [0.15, 0.2) is 36.7 Å². The molecule has 1 N–H and O–H groups in total. The van der Waals surface area contributed by atoms with Gasteiger partial charge < -0.3 is 9.67 Å². The van der Waals surface area contributed by atoms with E-state index in [1.165, 1.54) is 0 Å². The van der Waals surface area contributed by atoms with Crippen LogP contribution >= 0.6 is 0 Å². The SMILES string of the molecule is C/C=C\Cn1cnc2cc(CO)ccc21. The van der Waals surface area contributed by atoms with Gasteiger partial charge in [0.05, 0.1) is 24.0 Å². The molecule has 3 heteroatoms. The number of rotatable bonds is 3. The van der Waals surface area contributed by atoms with Gasteiger partial charge in [0.2, 0.25) is 0 Å². The van der Waals surface area contributed by atoms with Crippen molar-refractivity contribution in [2.75, 3.05) is 0 Å². The lowest BCUT2D eigenvalue weighted by Crippen LogP contribution is -1.92. The van der Waals surface area contributed by atoms with Gasteiger partial charge in [-0.2, -0.15) is 0 Å². The Morgan fingerprint density at radius 3 is 3.07 bits per heavy atom. The molecule has 1 aromatic carbocycles. The van der Waals surface area contributed by atoms with Crippen LogP contribution in [-0.2, 0) is 13.2 Å². The topological polar surface area (TPSA) is 38.0 Å². The van der Waals surface area contributed by atoms with Gasteiger partial charge in [-0.3, -0.25) is 0 Å². The second kappa shape index (κ2) is 4.28. The fourth-order valence-corrected chi connectivity index (χ4v) is 1.57. The first-order valence-corrected chi connectivity index (χ1v) is 5.01. The number of allylic oxidation sites excluding steroid dienone is 2. The number of fused-ring (bicyclic) bond motifs is 1. The van der Waals surface area contributed by atoms with Crippen LogP contribution in [0.5, 0.6) is 0 Å². The minimum absolute atomic E-state index is 0.0671. The molecule has 0 saturated heterocycles. The number of aliphatic hydroxyl groups excluding tert-OH is 1. The normalized spacial score (nSPS) is 11.6. The zero-order valence-electron chi connectivity index (χ0n) is 8.72. The number of benzene rings is 1. The molecule has 15 heavy (non-hydrogen) atoms. The number of hydrogen-bond donors (Lipinski definition) is 1. The summed E-state index contributed by atoms with van der Waals surface area (Å²) in [5.74, 6) is 0. The fourth-order valence-electron chi connectivity index (χ4n) is 1.57. The smallest absolute Gasteiger partial charge is 0.0961 e. The van der Waals surface area contributed by atoms with Gasteiger partial charge in [-0.05, 0) is 24.6 Å². The summed E-state index contributed by atoms with van der Waals surface area (Å²) < 4.78 is 2.08. The van der Waals surface area contributed by atoms with Gasteiger partial charge in [0, 0.05) is 6.54 Å². The minimum Gasteiger partial charge on any atom is -0.392 e. The molecule has 0 radical (unpaired) electrons. The van der Waals surface area contributed by atoms with E-state index in [1.54, 1.807) is 0 Å². The van der Waals surface area contributed by atoms with Crippen LogP contribution in [0.3, 0.4) is 0 Å². The Bertz CT molecular complexity index is 485. The van der Waals surface area contributed by atoms with Crippen molar-refractivity contribution < 1.29 is 5.11 Å². The number of aromatic nitrogens is 2. The molecular formula is C12H14N2O. The highest BCUT2D eigenvalue weighted by Gasteiger charge is 2.01. The van der Waals surface area contributed by atoms with Crippen LogP contribution in [0.4, 0.5) is 0 Å². The molecular weight excluding hydrogens is 188 g/mol. The maximum absolute atomic E-state index is 9.00. The molecule has 2 aromatic rings. The Labute approximate surface area is 88.7 Å². The molecule has 0 aliphatic rings. The highest BCUT2D eigenvalue weighted by molar-refractivity contribution is 5.76. The van der Waals surface area contributed by atoms with E-state index in [0.717, 1.165) is 23.1 Å². The summed E-state index contributed by atoms with van der Waals surface area (Å²) >= 11 is 0. The molecule has 0 bridgehead atoms. The summed E-state index contributed by atoms with van der Waals surface area (Å²) in [6, 6.07) is 5.84. The first-order chi connectivity index (χ1) is 7.35. The van der Waals surface area contributed by atoms with Gasteiger partial charge >= 0.3 is 0 Å². The van der Waals surface area contributed by atoms with Gasteiger partial charge in [0.15, 0.2) is 0 Å². The van der Waals surface area contributed by atoms with Crippen molar-refractivity contribution in [1.82, 2.24) is 9.55 Å². The molecule has 3 nitrogen and oxygen atoms in total. The quantitative estimate of drug-likeness (QED) is 0.774. The van der Waals surface area contributed by atoms with E-state index in [1.807, 2.05) is 37.5 Å². The van der Waals surface area contributed by atoms with E-state index in [9.17, 15) is 0 Å². The van der Waals surface area contributed by atoms with E-state index < -0.39 is 0 Å². The molecule has 0 saturated carbocycles. The maximum Gasteiger partial charge on any atom is 0.0961 e. The van der Waals surface area contributed by atoms with Crippen molar-refractivity contribution in [3.8, 4) is 0 Å². The molecule has 1 aromatic heterocycles. The average molecular weight is 202 g/mol. The molecule has 0 unspecified atom stereocenters. The molecule has 2 rings (SSSR count). The zero-order valence-corrected chi connectivity index (χ0v) is 8.72. The Hall–Kier alpha value is -1.61. The Morgan fingerprint density at radius 2 is 2.33 bits per heavy atom. The number of nitrogens with zero attached hydrogens (tertiary/aromatic N) is 2. The molecule has 1 heterocycles. The lowest BCUT2D eigenvalue weighted by atomic mass is 10.2. The second-order valence-corrected chi connectivity index (χ2v) is 3.45. The Kier molecular flexibility index (Phi) is 2.83. The molecule has 0 fully saturated rings. The first-order valence-electron chi connectivity index (χ1n) is 5.01. The van der Waals surface area contributed by atoms with Gasteiger partial charge in [-0.1, -0.05) is 18.2 Å². The maximum atomic E-state index is 9.00. The predicted octanol–water partition coefficient (Wildman–Crippen LogP) is 2.10. The summed E-state index contributed by atoms with van der Waals surface area (Å²) in [5.41, 5.74) is 2.94. The molecule has 78 valence electrons. The summed E-state index contributed by atoms with van der Waals surface area (Å²) in [7, 11) is 0. The van der Waals surface area contributed by atoms with Crippen LogP contribution in [0.2, 0.25) is 0 Å². The van der Waals surface area contributed by atoms with E-state index >= 15 is 0 Å². The van der Waals surface area contributed by atoms with Gasteiger partial charge in [-0.15, -0.1) is 0 Å². The van der Waals surface area contributed by atoms with E-state index in [0.29, 0.717) is 0 Å². The largest absolute Gasteiger partial charge is 0.392 e. The van der Waals surface area contributed by atoms with Crippen molar-refractivity contribution in [1.29, 1.82) is 0 Å². The summed E-state index contributed by atoms with van der Waals surface area (Å²) in [5, 5.41) is 9.00. The number of imidazole rings is 1. The Balaban J connectivity index is 2.42. The van der Waals surface area contributed by atoms with E-state index in [-0.39, 0.29) is 6.61 Å². The third-order valence-corrected chi connectivity index (χ3v) is 2.41. The van der Waals surface area contributed by atoms with Gasteiger partial charge in [-0.25, -0.2) is 4.98 Å². The van der Waals surface area contributed by atoms with Crippen LogP contribution in [-0.4, -0.2) is 14.7 Å². The van der Waals surface area contributed by atoms with Crippen molar-refractivity contribution in [2.45, 2.75) is 20.1 Å². The standard InChI is InChI=1S/C12H14N2O/c1-2-3-6-14-9-13-11-7-10(8-15)4-5-12(11)14/h2-5,7,9,15H,6,8H2,1H3/b3-2-. The predicted molar refractivity (Wildman–Crippen MR) is 60.5 cm³/mol. The summed E-state index contributed by atoms with van der Waals surface area (Å²) in [4.78, 5) is 4.30. The van der Waals surface area contributed by atoms with Crippen molar-refractivity contribution >= 4 is 11.0 Å². The number of hydrogen-bond acceptors (Lipinski definition) is 2. The lowest BCUT2D eigenvalue weighted by molar-refractivity contribution is 0.282. The fraction of sp³-hybridized carbons (Fsp3) is 0.250. The minimum atomic E-state index is 0.0671. The average Bonchev–Trinajstić information content (AvgIpc) is 2.68. The highest BCUT2D eigenvalue weighted by Crippen LogP contribution is 2.14. The van der Waals surface area contributed by atoms with Gasteiger partial charge in [0.1, 0.15) is 0 Å². The van der Waals surface area contributed by atoms with E-state index in [2.05, 4.69) is 15.6 Å². The number of aliphatic hydroxyl groups is 1. The van der Waals surface area contributed by atoms with Crippen LogP contribution < -0.4 is 0 Å². The van der Waals surface area contributed by atoms with Crippen molar-refractivity contribution in [2.24, 2.45) is 0 Å². The van der Waals surface area contributed by atoms with Crippen molar-refractivity contribution in [3.63, 3.8) is 0 Å². The monoisotopic (exact) mass is 202 g/mol. The van der Waals surface area contributed by atoms with Crippen LogP contribution in [0, 0.1) is 0 Å². The molecule has 0 spiro atoms. The first kappa shape index (κ1) is 9.93. The summed E-state index contributed by atoms with van der Waals surface area (Å²) in [6.07, 6.45) is 5.93. The summed E-state index contributed by atoms with van der Waals surface area (Å²) in [6.45, 7) is 2.91. The molecule has 0 aliphatic heterocycles. The highest BCUT2D eigenvalue weighted by atomic mass is 16.3. The van der Waals surface area contributed by atoms with Crippen molar-refractivity contribution in [3.05, 3.63) is 42.2 Å². The molecule has 0 atom stereocenters. The molecule has 0 amide bonds. The molecule has 0 aliphatic carbocycles. The third-order valence-electron chi connectivity index (χ3n) is 2.41. The van der Waals surface area contributed by atoms with Crippen LogP contribution in [0.25, 0.3) is 11.0 Å². The van der Waals surface area contributed by atoms with E-state index in [4.69, 9.17) is 5.11 Å². The van der Waals surface area contributed by atoms with Gasteiger partial charge in [0.25, 0.3) is 0 Å². The van der Waals surface area contributed by atoms with Crippen LogP contribution in [0.1, 0.15) is 12.5 Å². The lowest BCUT2D eigenvalue weighted by Gasteiger charge is -2.00.